The van der Waals surface area contributed by atoms with Gasteiger partial charge in [-0.2, -0.15) is 5.26 Å². The molecule has 0 fully saturated rings. The van der Waals surface area contributed by atoms with Crippen LogP contribution in [0.1, 0.15) is 37.8 Å². The van der Waals surface area contributed by atoms with Crippen LogP contribution in [0, 0.1) is 18.3 Å². The molecule has 1 aromatic carbocycles. The number of nitrogens with one attached hydrogen (secondary N) is 1. The molecule has 1 aromatic rings. The van der Waals surface area contributed by atoms with Crippen molar-refractivity contribution in [3.8, 4) is 6.07 Å². The third kappa shape index (κ3) is 3.56. The van der Waals surface area contributed by atoms with Gasteiger partial charge in [-0.15, -0.1) is 0 Å². The molecule has 1 rings (SSSR count). The molecule has 0 aliphatic heterocycles. The van der Waals surface area contributed by atoms with E-state index in [0.29, 0.717) is 11.1 Å². The maximum atomic E-state index is 12.1. The highest BCUT2D eigenvalue weighted by atomic mass is 32.2. The van der Waals surface area contributed by atoms with Gasteiger partial charge in [-0.1, -0.05) is 13.3 Å². The van der Waals surface area contributed by atoms with Crippen LogP contribution in [-0.2, 0) is 10.0 Å². The lowest BCUT2D eigenvalue weighted by atomic mass is 10.1. The second-order valence-electron chi connectivity index (χ2n) is 4.40. The van der Waals surface area contributed by atoms with E-state index in [1.54, 1.807) is 6.92 Å². The molecule has 98 valence electrons. The van der Waals surface area contributed by atoms with Gasteiger partial charge in [0.15, 0.2) is 0 Å². The Balaban J connectivity index is 2.99. The zero-order valence-electron chi connectivity index (χ0n) is 10.9. The predicted molar refractivity (Wildman–Crippen MR) is 70.6 cm³/mol. The fourth-order valence-corrected chi connectivity index (χ4v) is 3.12. The molecular formula is C13H18N2O2S. The summed E-state index contributed by atoms with van der Waals surface area (Å²) in [6.07, 6.45) is 1.73. The van der Waals surface area contributed by atoms with E-state index in [0.717, 1.165) is 12.8 Å². The van der Waals surface area contributed by atoms with E-state index in [9.17, 15) is 8.42 Å². The maximum Gasteiger partial charge on any atom is 0.240 e. The van der Waals surface area contributed by atoms with Crippen LogP contribution >= 0.6 is 0 Å². The molecule has 5 heteroatoms. The minimum absolute atomic E-state index is 0.0871. The molecule has 0 saturated heterocycles. The molecule has 0 spiro atoms. The number of hydrogen-bond acceptors (Lipinski definition) is 3. The molecule has 0 saturated carbocycles. The van der Waals surface area contributed by atoms with E-state index in [-0.39, 0.29) is 10.9 Å². The van der Waals surface area contributed by atoms with Crippen LogP contribution in [0.4, 0.5) is 0 Å². The Kier molecular flexibility index (Phi) is 4.88. The van der Waals surface area contributed by atoms with E-state index in [1.807, 2.05) is 19.9 Å². The van der Waals surface area contributed by atoms with Crippen molar-refractivity contribution in [1.82, 2.24) is 4.72 Å². The first-order valence-corrected chi connectivity index (χ1v) is 7.42. The molecule has 0 aliphatic rings. The molecule has 1 atom stereocenters. The van der Waals surface area contributed by atoms with Gasteiger partial charge >= 0.3 is 0 Å². The highest BCUT2D eigenvalue weighted by Gasteiger charge is 2.17. The SMILES string of the molecule is CCCC(C)NS(=O)(=O)c1ccc(C#N)c(C)c1. The number of nitriles is 1. The molecular weight excluding hydrogens is 248 g/mol. The minimum atomic E-state index is -3.49. The van der Waals surface area contributed by atoms with Crippen LogP contribution in [0.15, 0.2) is 23.1 Å². The second kappa shape index (κ2) is 5.98. The summed E-state index contributed by atoms with van der Waals surface area (Å²) < 4.78 is 26.8. The zero-order valence-corrected chi connectivity index (χ0v) is 11.7. The topological polar surface area (TPSA) is 70.0 Å². The highest BCUT2D eigenvalue weighted by molar-refractivity contribution is 7.89. The van der Waals surface area contributed by atoms with Crippen molar-refractivity contribution in [2.75, 3.05) is 0 Å². The lowest BCUT2D eigenvalue weighted by Gasteiger charge is -2.13. The Hall–Kier alpha value is -1.38. The average molecular weight is 266 g/mol. The van der Waals surface area contributed by atoms with Gasteiger partial charge in [-0.3, -0.25) is 0 Å². The molecule has 0 aliphatic carbocycles. The third-order valence-corrected chi connectivity index (χ3v) is 4.29. The zero-order chi connectivity index (χ0) is 13.8. The van der Waals surface area contributed by atoms with Gasteiger partial charge in [-0.05, 0) is 44.0 Å². The molecule has 1 unspecified atom stereocenters. The van der Waals surface area contributed by atoms with Crippen LogP contribution in [0.5, 0.6) is 0 Å². The molecule has 0 amide bonds. The predicted octanol–water partition coefficient (Wildman–Crippen LogP) is 2.33. The maximum absolute atomic E-state index is 12.1. The fourth-order valence-electron chi connectivity index (χ4n) is 1.75. The number of rotatable bonds is 5. The first-order valence-electron chi connectivity index (χ1n) is 5.93. The van der Waals surface area contributed by atoms with Crippen molar-refractivity contribution in [3.63, 3.8) is 0 Å². The summed E-state index contributed by atoms with van der Waals surface area (Å²) in [7, 11) is -3.49. The van der Waals surface area contributed by atoms with Crippen LogP contribution < -0.4 is 4.72 Å². The van der Waals surface area contributed by atoms with Gasteiger partial charge in [0, 0.05) is 6.04 Å². The van der Waals surface area contributed by atoms with E-state index in [4.69, 9.17) is 5.26 Å². The molecule has 0 aromatic heterocycles. The molecule has 1 N–H and O–H groups in total. The van der Waals surface area contributed by atoms with Crippen LogP contribution in [0.2, 0.25) is 0 Å². The van der Waals surface area contributed by atoms with Crippen LogP contribution in [0.3, 0.4) is 0 Å². The van der Waals surface area contributed by atoms with Crippen molar-refractivity contribution in [2.24, 2.45) is 0 Å². The average Bonchev–Trinajstić information content (AvgIpc) is 2.28. The monoisotopic (exact) mass is 266 g/mol. The molecule has 0 bridgehead atoms. The first-order chi connectivity index (χ1) is 8.40. The lowest BCUT2D eigenvalue weighted by Crippen LogP contribution is -2.32. The first kappa shape index (κ1) is 14.7. The number of benzene rings is 1. The normalized spacial score (nSPS) is 13.0. The third-order valence-electron chi connectivity index (χ3n) is 2.71. The van der Waals surface area contributed by atoms with E-state index in [1.165, 1.54) is 18.2 Å². The number of sulfonamides is 1. The summed E-state index contributed by atoms with van der Waals surface area (Å²) >= 11 is 0. The van der Waals surface area contributed by atoms with Gasteiger partial charge < -0.3 is 0 Å². The summed E-state index contributed by atoms with van der Waals surface area (Å²) in [5.74, 6) is 0. The number of hydrogen-bond donors (Lipinski definition) is 1. The molecule has 4 nitrogen and oxygen atoms in total. The van der Waals surface area contributed by atoms with Gasteiger partial charge in [0.2, 0.25) is 10.0 Å². The number of aryl methyl sites for hydroxylation is 1. The van der Waals surface area contributed by atoms with E-state index >= 15 is 0 Å². The summed E-state index contributed by atoms with van der Waals surface area (Å²) in [6, 6.07) is 6.46. The standard InChI is InChI=1S/C13H18N2O2S/c1-4-5-11(3)15-18(16,17)13-7-6-12(9-14)10(2)8-13/h6-8,11,15H,4-5H2,1-3H3. The van der Waals surface area contributed by atoms with Gasteiger partial charge in [-0.25, -0.2) is 13.1 Å². The minimum Gasteiger partial charge on any atom is -0.208 e. The quantitative estimate of drug-likeness (QED) is 0.889. The van der Waals surface area contributed by atoms with Crippen LogP contribution in [-0.4, -0.2) is 14.5 Å². The van der Waals surface area contributed by atoms with Crippen molar-refractivity contribution >= 4 is 10.0 Å². The van der Waals surface area contributed by atoms with Crippen molar-refractivity contribution < 1.29 is 8.42 Å². The largest absolute Gasteiger partial charge is 0.240 e. The van der Waals surface area contributed by atoms with Crippen molar-refractivity contribution in [2.45, 2.75) is 44.6 Å². The summed E-state index contributed by atoms with van der Waals surface area (Å²) in [5, 5.41) is 8.81. The Labute approximate surface area is 109 Å². The summed E-state index contributed by atoms with van der Waals surface area (Å²) in [5.41, 5.74) is 1.17. The smallest absolute Gasteiger partial charge is 0.208 e. The van der Waals surface area contributed by atoms with Crippen LogP contribution in [0.25, 0.3) is 0 Å². The Bertz CT molecular complexity index is 559. The number of nitrogens with zero attached hydrogens (tertiary/aromatic N) is 1. The van der Waals surface area contributed by atoms with Gasteiger partial charge in [0.25, 0.3) is 0 Å². The van der Waals surface area contributed by atoms with Crippen molar-refractivity contribution in [3.05, 3.63) is 29.3 Å². The molecule has 0 heterocycles. The molecule has 0 radical (unpaired) electrons. The van der Waals surface area contributed by atoms with Gasteiger partial charge in [0.05, 0.1) is 16.5 Å². The highest BCUT2D eigenvalue weighted by Crippen LogP contribution is 2.15. The Morgan fingerprint density at radius 1 is 1.44 bits per heavy atom. The summed E-state index contributed by atoms with van der Waals surface area (Å²) in [4.78, 5) is 0.210. The fraction of sp³-hybridized carbons (Fsp3) is 0.462. The Morgan fingerprint density at radius 2 is 2.11 bits per heavy atom. The Morgan fingerprint density at radius 3 is 2.61 bits per heavy atom. The molecule has 18 heavy (non-hydrogen) atoms. The lowest BCUT2D eigenvalue weighted by molar-refractivity contribution is 0.544. The van der Waals surface area contributed by atoms with Crippen molar-refractivity contribution in [1.29, 1.82) is 5.26 Å². The van der Waals surface area contributed by atoms with E-state index < -0.39 is 10.0 Å². The van der Waals surface area contributed by atoms with E-state index in [2.05, 4.69) is 4.72 Å². The van der Waals surface area contributed by atoms with Gasteiger partial charge in [0.1, 0.15) is 0 Å². The second-order valence-corrected chi connectivity index (χ2v) is 6.11. The summed E-state index contributed by atoms with van der Waals surface area (Å²) in [6.45, 7) is 5.58.